The summed E-state index contributed by atoms with van der Waals surface area (Å²) >= 11 is 1.99. The van der Waals surface area contributed by atoms with Gasteiger partial charge in [-0.05, 0) is 13.8 Å². The summed E-state index contributed by atoms with van der Waals surface area (Å²) in [4.78, 5) is 0. The third-order valence-electron chi connectivity index (χ3n) is 2.18. The lowest BCUT2D eigenvalue weighted by Crippen LogP contribution is -2.38. The zero-order chi connectivity index (χ0) is 11.2. The maximum atomic E-state index is 5.24. The van der Waals surface area contributed by atoms with Crippen LogP contribution in [0.5, 0.6) is 0 Å². The largest absolute Gasteiger partial charge is 0.380 e. The normalized spacial score (nSPS) is 16.7. The molecule has 0 fully saturated rings. The second kappa shape index (κ2) is 6.70. The van der Waals surface area contributed by atoms with Gasteiger partial charge in [0.05, 0.1) is 6.10 Å². The van der Waals surface area contributed by atoms with Crippen LogP contribution in [0.3, 0.4) is 0 Å². The van der Waals surface area contributed by atoms with Crippen molar-refractivity contribution in [3.05, 3.63) is 0 Å². The highest BCUT2D eigenvalue weighted by Crippen LogP contribution is 2.22. The van der Waals surface area contributed by atoms with Gasteiger partial charge in [-0.2, -0.15) is 11.8 Å². The Hall–Kier alpha value is 0.270. The van der Waals surface area contributed by atoms with Gasteiger partial charge in [0.1, 0.15) is 0 Å². The van der Waals surface area contributed by atoms with Crippen LogP contribution in [0.15, 0.2) is 0 Å². The average Bonchev–Trinajstić information content (AvgIpc) is 2.09. The Kier molecular flexibility index (Phi) is 6.83. The topological polar surface area (TPSA) is 21.3 Å². The van der Waals surface area contributed by atoms with Crippen LogP contribution in [0.4, 0.5) is 0 Å². The summed E-state index contributed by atoms with van der Waals surface area (Å²) in [5, 5.41) is 3.46. The highest BCUT2D eigenvalue weighted by Gasteiger charge is 2.12. The van der Waals surface area contributed by atoms with Crippen LogP contribution >= 0.6 is 11.8 Å². The van der Waals surface area contributed by atoms with Crippen LogP contribution in [0.25, 0.3) is 0 Å². The van der Waals surface area contributed by atoms with E-state index in [2.05, 4.69) is 39.9 Å². The fourth-order valence-corrected chi connectivity index (χ4v) is 1.85. The van der Waals surface area contributed by atoms with Crippen LogP contribution in [0.1, 0.15) is 34.6 Å². The lowest BCUT2D eigenvalue weighted by Gasteiger charge is -2.22. The van der Waals surface area contributed by atoms with Crippen LogP contribution in [-0.2, 0) is 4.74 Å². The Morgan fingerprint density at radius 3 is 2.29 bits per heavy atom. The molecule has 0 aromatic carbocycles. The molecule has 0 rings (SSSR count). The van der Waals surface area contributed by atoms with Crippen molar-refractivity contribution in [1.82, 2.24) is 5.32 Å². The van der Waals surface area contributed by atoms with Crippen LogP contribution in [-0.4, -0.2) is 36.3 Å². The van der Waals surface area contributed by atoms with Crippen LogP contribution < -0.4 is 5.32 Å². The van der Waals surface area contributed by atoms with E-state index in [-0.39, 0.29) is 6.10 Å². The molecule has 0 aromatic rings. The monoisotopic (exact) mass is 219 g/mol. The number of ether oxygens (including phenoxy) is 1. The molecule has 86 valence electrons. The first-order valence-electron chi connectivity index (χ1n) is 5.27. The molecule has 0 radical (unpaired) electrons. The van der Waals surface area contributed by atoms with Crippen molar-refractivity contribution in [3.63, 3.8) is 0 Å². The molecule has 3 heteroatoms. The van der Waals surface area contributed by atoms with Gasteiger partial charge < -0.3 is 10.1 Å². The molecule has 14 heavy (non-hydrogen) atoms. The van der Waals surface area contributed by atoms with E-state index >= 15 is 0 Å². The minimum atomic E-state index is 0.287. The standard InChI is InChI=1S/C11H25NOS/c1-9(10(2)13-6)12-7-8-14-11(3,4)5/h9-10,12H,7-8H2,1-6H3. The highest BCUT2D eigenvalue weighted by atomic mass is 32.2. The van der Waals surface area contributed by atoms with Gasteiger partial charge in [0.15, 0.2) is 0 Å². The van der Waals surface area contributed by atoms with Crippen molar-refractivity contribution in [2.24, 2.45) is 0 Å². The molecule has 0 aliphatic rings. The lowest BCUT2D eigenvalue weighted by atomic mass is 10.2. The smallest absolute Gasteiger partial charge is 0.0693 e. The fraction of sp³-hybridized carbons (Fsp3) is 1.00. The molecule has 0 bridgehead atoms. The van der Waals surface area contributed by atoms with E-state index in [1.165, 1.54) is 0 Å². The van der Waals surface area contributed by atoms with E-state index in [0.29, 0.717) is 10.8 Å². The van der Waals surface area contributed by atoms with Gasteiger partial charge in [0, 0.05) is 30.2 Å². The summed E-state index contributed by atoms with van der Waals surface area (Å²) < 4.78 is 5.61. The van der Waals surface area contributed by atoms with E-state index in [1.54, 1.807) is 7.11 Å². The van der Waals surface area contributed by atoms with E-state index in [0.717, 1.165) is 12.3 Å². The molecule has 2 atom stereocenters. The summed E-state index contributed by atoms with van der Waals surface area (Å²) in [6.45, 7) is 12.1. The Labute approximate surface area is 93.2 Å². The Morgan fingerprint density at radius 2 is 1.86 bits per heavy atom. The summed E-state index contributed by atoms with van der Waals surface area (Å²) in [5.41, 5.74) is 0. The molecule has 2 nitrogen and oxygen atoms in total. The molecule has 0 aromatic heterocycles. The van der Waals surface area contributed by atoms with Crippen molar-refractivity contribution >= 4 is 11.8 Å². The summed E-state index contributed by atoms with van der Waals surface area (Å²) in [7, 11) is 1.76. The van der Waals surface area contributed by atoms with Crippen molar-refractivity contribution in [3.8, 4) is 0 Å². The minimum Gasteiger partial charge on any atom is -0.380 e. The summed E-state index contributed by atoms with van der Waals surface area (Å²) in [6.07, 6.45) is 0.287. The maximum absolute atomic E-state index is 5.24. The molecule has 0 amide bonds. The number of hydrogen-bond donors (Lipinski definition) is 1. The molecule has 2 unspecified atom stereocenters. The molecule has 0 aliphatic carbocycles. The molecule has 0 heterocycles. The van der Waals surface area contributed by atoms with Crippen molar-refractivity contribution in [2.45, 2.75) is 51.5 Å². The van der Waals surface area contributed by atoms with E-state index in [9.17, 15) is 0 Å². The Balaban J connectivity index is 3.45. The molecule has 0 spiro atoms. The van der Waals surface area contributed by atoms with E-state index in [4.69, 9.17) is 4.74 Å². The minimum absolute atomic E-state index is 0.287. The average molecular weight is 219 g/mol. The zero-order valence-electron chi connectivity index (χ0n) is 10.4. The van der Waals surface area contributed by atoms with Gasteiger partial charge >= 0.3 is 0 Å². The predicted molar refractivity (Wildman–Crippen MR) is 66.1 cm³/mol. The third-order valence-corrected chi connectivity index (χ3v) is 3.45. The molecular formula is C11H25NOS. The summed E-state index contributed by atoms with van der Waals surface area (Å²) in [5.74, 6) is 1.16. The molecular weight excluding hydrogens is 194 g/mol. The van der Waals surface area contributed by atoms with Crippen LogP contribution in [0, 0.1) is 0 Å². The van der Waals surface area contributed by atoms with Crippen LogP contribution in [0.2, 0.25) is 0 Å². The maximum Gasteiger partial charge on any atom is 0.0693 e. The predicted octanol–water partition coefficient (Wildman–Crippen LogP) is 2.53. The Bertz CT molecular complexity index is 145. The van der Waals surface area contributed by atoms with Gasteiger partial charge in [-0.1, -0.05) is 20.8 Å². The van der Waals surface area contributed by atoms with Crippen molar-refractivity contribution in [1.29, 1.82) is 0 Å². The molecule has 1 N–H and O–H groups in total. The lowest BCUT2D eigenvalue weighted by molar-refractivity contribution is 0.0895. The quantitative estimate of drug-likeness (QED) is 0.694. The SMILES string of the molecule is COC(C)C(C)NCCSC(C)(C)C. The Morgan fingerprint density at radius 1 is 1.29 bits per heavy atom. The molecule has 0 aliphatic heterocycles. The number of hydrogen-bond acceptors (Lipinski definition) is 3. The fourth-order valence-electron chi connectivity index (χ4n) is 1.01. The number of methoxy groups -OCH3 is 1. The van der Waals surface area contributed by atoms with Gasteiger partial charge in [-0.3, -0.25) is 0 Å². The highest BCUT2D eigenvalue weighted by molar-refractivity contribution is 8.00. The summed E-state index contributed by atoms with van der Waals surface area (Å²) in [6, 6.07) is 0.431. The molecule has 0 saturated carbocycles. The van der Waals surface area contributed by atoms with Gasteiger partial charge in [-0.15, -0.1) is 0 Å². The second-order valence-corrected chi connectivity index (χ2v) is 6.57. The first-order chi connectivity index (χ1) is 6.37. The van der Waals surface area contributed by atoms with E-state index in [1.807, 2.05) is 11.8 Å². The van der Waals surface area contributed by atoms with Gasteiger partial charge in [-0.25, -0.2) is 0 Å². The third kappa shape index (κ3) is 7.65. The second-order valence-electron chi connectivity index (χ2n) is 4.64. The first-order valence-corrected chi connectivity index (χ1v) is 6.25. The van der Waals surface area contributed by atoms with Gasteiger partial charge in [0.2, 0.25) is 0 Å². The molecule has 0 saturated heterocycles. The zero-order valence-corrected chi connectivity index (χ0v) is 11.2. The van der Waals surface area contributed by atoms with E-state index < -0.39 is 0 Å². The van der Waals surface area contributed by atoms with Gasteiger partial charge in [0.25, 0.3) is 0 Å². The number of rotatable bonds is 6. The van der Waals surface area contributed by atoms with Crippen molar-refractivity contribution < 1.29 is 4.74 Å². The first kappa shape index (κ1) is 14.3. The van der Waals surface area contributed by atoms with Crippen molar-refractivity contribution in [2.75, 3.05) is 19.4 Å². The number of thioether (sulfide) groups is 1. The number of nitrogens with one attached hydrogen (secondary N) is 1.